The largest absolute Gasteiger partial charge is 0.490 e. The number of hydrogen-bond acceptors (Lipinski definition) is 5. The summed E-state index contributed by atoms with van der Waals surface area (Å²) in [5.41, 5.74) is 6.22. The number of benzene rings is 4. The van der Waals surface area contributed by atoms with Crippen molar-refractivity contribution < 1.29 is 23.8 Å². The van der Waals surface area contributed by atoms with Gasteiger partial charge in [-0.25, -0.2) is 0 Å². The first-order valence-electron chi connectivity index (χ1n) is 20.6. The third-order valence-corrected chi connectivity index (χ3v) is 9.83. The van der Waals surface area contributed by atoms with Crippen molar-refractivity contribution in [1.29, 1.82) is 0 Å². The van der Waals surface area contributed by atoms with Crippen molar-refractivity contribution >= 4 is 33.4 Å². The van der Waals surface area contributed by atoms with E-state index in [0.717, 1.165) is 60.1 Å². The van der Waals surface area contributed by atoms with Crippen LogP contribution in [0.1, 0.15) is 157 Å². The Balaban J connectivity index is 1.54. The fraction of sp³-hybridized carbons (Fsp3) is 0.522. The molecule has 0 radical (unpaired) electrons. The van der Waals surface area contributed by atoms with E-state index in [0.29, 0.717) is 48.2 Å². The van der Waals surface area contributed by atoms with Crippen LogP contribution < -0.4 is 25.1 Å². The molecular formula is C46H64N2O5. The fourth-order valence-electron chi connectivity index (χ4n) is 6.76. The summed E-state index contributed by atoms with van der Waals surface area (Å²) in [7, 11) is 0. The monoisotopic (exact) mass is 724 g/mol. The molecule has 0 aliphatic rings. The maximum absolute atomic E-state index is 13.8. The Hall–Kier alpha value is -4.26. The van der Waals surface area contributed by atoms with E-state index in [1.54, 1.807) is 12.1 Å². The Kier molecular flexibility index (Phi) is 18.9. The van der Waals surface area contributed by atoms with Gasteiger partial charge in [-0.1, -0.05) is 166 Å². The Morgan fingerprint density at radius 3 is 1.34 bits per heavy atom. The smallest absolute Gasteiger partial charge is 0.270 e. The fourth-order valence-corrected chi connectivity index (χ4v) is 6.76. The summed E-state index contributed by atoms with van der Waals surface area (Å²) in [6.07, 6.45) is 20.7. The van der Waals surface area contributed by atoms with E-state index >= 15 is 0 Å². The molecule has 0 aromatic heterocycles. The molecule has 2 amide bonds. The molecule has 0 aliphatic heterocycles. The quantitative estimate of drug-likeness (QED) is 0.0382. The number of ether oxygens (including phenoxy) is 3. The second-order valence-corrected chi connectivity index (χ2v) is 14.3. The molecule has 7 heteroatoms. The van der Waals surface area contributed by atoms with E-state index < -0.39 is 5.91 Å². The average molecular weight is 725 g/mol. The van der Waals surface area contributed by atoms with Crippen molar-refractivity contribution in [3.8, 4) is 17.2 Å². The molecule has 2 N–H and O–H groups in total. The summed E-state index contributed by atoms with van der Waals surface area (Å²) in [6.45, 7) is 8.27. The summed E-state index contributed by atoms with van der Waals surface area (Å²) < 4.78 is 19.2. The van der Waals surface area contributed by atoms with Crippen LogP contribution in [0.15, 0.2) is 66.7 Å². The van der Waals surface area contributed by atoms with Gasteiger partial charge in [-0.3, -0.25) is 20.4 Å². The highest BCUT2D eigenvalue weighted by Crippen LogP contribution is 2.40. The van der Waals surface area contributed by atoms with Gasteiger partial charge in [0.05, 0.1) is 25.4 Å². The first kappa shape index (κ1) is 41.5. The molecule has 0 aliphatic carbocycles. The third kappa shape index (κ3) is 13.6. The lowest BCUT2D eigenvalue weighted by atomic mass is 9.96. The van der Waals surface area contributed by atoms with Crippen molar-refractivity contribution in [2.24, 2.45) is 0 Å². The van der Waals surface area contributed by atoms with Crippen molar-refractivity contribution in [3.63, 3.8) is 0 Å². The first-order chi connectivity index (χ1) is 26.1. The molecule has 0 unspecified atom stereocenters. The minimum absolute atomic E-state index is 0.330. The number of nitrogens with one attached hydrogen (secondary N) is 2. The predicted octanol–water partition coefficient (Wildman–Crippen LogP) is 12.3. The maximum Gasteiger partial charge on any atom is 0.270 e. The van der Waals surface area contributed by atoms with Crippen molar-refractivity contribution in [1.82, 2.24) is 10.9 Å². The van der Waals surface area contributed by atoms with Gasteiger partial charge in [-0.2, -0.15) is 0 Å². The predicted molar refractivity (Wildman–Crippen MR) is 219 cm³/mol. The van der Waals surface area contributed by atoms with E-state index in [9.17, 15) is 9.59 Å². The van der Waals surface area contributed by atoms with Gasteiger partial charge >= 0.3 is 0 Å². The molecule has 0 saturated carbocycles. The molecule has 4 aromatic carbocycles. The van der Waals surface area contributed by atoms with E-state index in [4.69, 9.17) is 14.2 Å². The summed E-state index contributed by atoms with van der Waals surface area (Å²) in [5, 5.41) is 3.55. The Bertz CT molecular complexity index is 1590. The molecule has 4 rings (SSSR count). The Morgan fingerprint density at radius 2 is 0.868 bits per heavy atom. The van der Waals surface area contributed by atoms with Crippen LogP contribution in [0.25, 0.3) is 21.5 Å². The van der Waals surface area contributed by atoms with E-state index in [2.05, 4.69) is 37.7 Å². The number of rotatable bonds is 26. The lowest BCUT2D eigenvalue weighted by Gasteiger charge is -2.19. The van der Waals surface area contributed by atoms with Crippen LogP contribution in [0.4, 0.5) is 0 Å². The number of carbonyl (C=O) groups excluding carboxylic acids is 2. The van der Waals surface area contributed by atoms with Gasteiger partial charge in [-0.15, -0.1) is 0 Å². The highest BCUT2D eigenvalue weighted by Gasteiger charge is 2.21. The van der Waals surface area contributed by atoms with Gasteiger partial charge in [0.15, 0.2) is 11.5 Å². The van der Waals surface area contributed by atoms with Gasteiger partial charge < -0.3 is 14.2 Å². The van der Waals surface area contributed by atoms with Gasteiger partial charge in [0, 0.05) is 5.56 Å². The summed E-state index contributed by atoms with van der Waals surface area (Å²) in [4.78, 5) is 27.6. The molecule has 0 heterocycles. The minimum atomic E-state index is -0.459. The normalized spacial score (nSPS) is 11.2. The molecule has 0 saturated heterocycles. The van der Waals surface area contributed by atoms with Crippen LogP contribution in [0.3, 0.4) is 0 Å². The average Bonchev–Trinajstić information content (AvgIpc) is 3.18. The molecule has 288 valence electrons. The summed E-state index contributed by atoms with van der Waals surface area (Å²) >= 11 is 0. The second-order valence-electron chi connectivity index (χ2n) is 14.3. The number of carbonyl (C=O) groups is 2. The lowest BCUT2D eigenvalue weighted by molar-refractivity contribution is 0.0848. The summed E-state index contributed by atoms with van der Waals surface area (Å²) in [6, 6.07) is 21.1. The summed E-state index contributed by atoms with van der Waals surface area (Å²) in [5.74, 6) is 0.713. The molecule has 0 atom stereocenters. The zero-order chi connectivity index (χ0) is 37.5. The molecule has 7 nitrogen and oxygen atoms in total. The third-order valence-electron chi connectivity index (χ3n) is 9.83. The number of fused-ring (bicyclic) bond motifs is 2. The zero-order valence-electron chi connectivity index (χ0n) is 32.7. The highest BCUT2D eigenvalue weighted by molar-refractivity contribution is 6.18. The SMILES string of the molecule is CCCCCCCCOc1cc(C(=O)NNC(=O)c2c3ccccc3cc3ccccc23)cc(OCCCCCCCC)c1OCCCCCCCC. The van der Waals surface area contributed by atoms with E-state index in [1.807, 2.05) is 48.5 Å². The van der Waals surface area contributed by atoms with Crippen molar-refractivity contribution in [3.05, 3.63) is 77.9 Å². The topological polar surface area (TPSA) is 85.9 Å². The van der Waals surface area contributed by atoms with Gasteiger partial charge in [0.25, 0.3) is 11.8 Å². The van der Waals surface area contributed by atoms with E-state index in [-0.39, 0.29) is 5.91 Å². The Morgan fingerprint density at radius 1 is 0.472 bits per heavy atom. The molecule has 0 fully saturated rings. The van der Waals surface area contributed by atoms with Crippen LogP contribution in [-0.2, 0) is 0 Å². The van der Waals surface area contributed by atoms with Crippen molar-refractivity contribution in [2.45, 2.75) is 136 Å². The highest BCUT2D eigenvalue weighted by atomic mass is 16.5. The molecule has 4 aromatic rings. The molecular weight excluding hydrogens is 661 g/mol. The number of amides is 2. The minimum Gasteiger partial charge on any atom is -0.490 e. The maximum atomic E-state index is 13.8. The number of unbranched alkanes of at least 4 members (excludes halogenated alkanes) is 15. The van der Waals surface area contributed by atoms with Crippen LogP contribution in [-0.4, -0.2) is 31.6 Å². The number of hydrogen-bond donors (Lipinski definition) is 2. The zero-order valence-corrected chi connectivity index (χ0v) is 32.7. The molecule has 53 heavy (non-hydrogen) atoms. The van der Waals surface area contributed by atoms with Crippen LogP contribution in [0.5, 0.6) is 17.2 Å². The van der Waals surface area contributed by atoms with Gasteiger partial charge in [-0.05, 0) is 59.0 Å². The molecule has 0 spiro atoms. The lowest BCUT2D eigenvalue weighted by Crippen LogP contribution is -2.41. The van der Waals surface area contributed by atoms with Gasteiger partial charge in [0.2, 0.25) is 5.75 Å². The van der Waals surface area contributed by atoms with Crippen LogP contribution in [0, 0.1) is 0 Å². The molecule has 0 bridgehead atoms. The standard InChI is InChI=1S/C46H64N2O5/c1-4-7-10-13-16-23-30-51-41-34-38(35-42(52-31-24-17-14-11-8-5-2)44(41)53-32-25-18-15-12-9-6-3)45(49)47-48-46(50)43-39-28-21-19-26-36(39)33-37-27-20-22-29-40(37)43/h19-22,26-29,33-35H,4-18,23-25,30-32H2,1-3H3,(H,47,49)(H,48,50). The second kappa shape index (κ2) is 24.1. The van der Waals surface area contributed by atoms with Crippen molar-refractivity contribution in [2.75, 3.05) is 19.8 Å². The number of hydrazine groups is 1. The van der Waals surface area contributed by atoms with Gasteiger partial charge in [0.1, 0.15) is 0 Å². The van der Waals surface area contributed by atoms with Crippen LogP contribution in [0.2, 0.25) is 0 Å². The Labute approximate surface area is 318 Å². The van der Waals surface area contributed by atoms with Crippen LogP contribution >= 0.6 is 0 Å². The van der Waals surface area contributed by atoms with E-state index in [1.165, 1.54) is 77.0 Å². The first-order valence-corrected chi connectivity index (χ1v) is 20.6.